The first-order chi connectivity index (χ1) is 13.8. The van der Waals surface area contributed by atoms with Crippen LogP contribution in [0.25, 0.3) is 6.08 Å². The van der Waals surface area contributed by atoms with E-state index in [-0.39, 0.29) is 0 Å². The van der Waals surface area contributed by atoms with E-state index in [9.17, 15) is 14.4 Å². The molecule has 0 heterocycles. The van der Waals surface area contributed by atoms with Crippen LogP contribution in [-0.2, 0) is 19.9 Å². The van der Waals surface area contributed by atoms with Crippen LogP contribution < -0.4 is 21.1 Å². The van der Waals surface area contributed by atoms with Crippen LogP contribution in [0.3, 0.4) is 0 Å². The van der Waals surface area contributed by atoms with Gasteiger partial charge in [0.25, 0.3) is 0 Å². The van der Waals surface area contributed by atoms with Gasteiger partial charge in [-0.15, -0.1) is 0 Å². The Bertz CT molecular complexity index is 894. The zero-order chi connectivity index (χ0) is 21.4. The molecule has 0 aliphatic rings. The summed E-state index contributed by atoms with van der Waals surface area (Å²) in [4.78, 5) is 36.7. The van der Waals surface area contributed by atoms with Crippen molar-refractivity contribution in [3.63, 3.8) is 0 Å². The second kappa shape index (κ2) is 9.54. The maximum Gasteiger partial charge on any atom is 0.247 e. The first-order valence-corrected chi connectivity index (χ1v) is 9.06. The Morgan fingerprint density at radius 3 is 2.24 bits per heavy atom. The first kappa shape index (κ1) is 21.7. The van der Waals surface area contributed by atoms with Gasteiger partial charge in [0, 0.05) is 6.08 Å². The molecule has 3 amide bonds. The smallest absolute Gasteiger partial charge is 0.247 e. The van der Waals surface area contributed by atoms with E-state index in [0.717, 1.165) is 5.56 Å². The zero-order valence-electron chi connectivity index (χ0n) is 16.6. The predicted molar refractivity (Wildman–Crippen MR) is 111 cm³/mol. The van der Waals surface area contributed by atoms with Gasteiger partial charge in [-0.2, -0.15) is 0 Å². The lowest BCUT2D eigenvalue weighted by Crippen LogP contribution is -2.57. The van der Waals surface area contributed by atoms with Gasteiger partial charge < -0.3 is 21.1 Å². The Morgan fingerprint density at radius 1 is 1.07 bits per heavy atom. The van der Waals surface area contributed by atoms with Crippen molar-refractivity contribution in [2.24, 2.45) is 5.73 Å². The molecule has 2 aromatic rings. The summed E-state index contributed by atoms with van der Waals surface area (Å²) in [5, 5.41) is 5.21. The molecule has 7 heteroatoms. The molecule has 0 spiro atoms. The summed E-state index contributed by atoms with van der Waals surface area (Å²) in [7, 11) is 1.58. The molecule has 0 aliphatic carbocycles. The highest BCUT2D eigenvalue weighted by atomic mass is 16.5. The Balaban J connectivity index is 2.00. The molecule has 0 fully saturated rings. The molecule has 152 valence electrons. The van der Waals surface area contributed by atoms with Crippen LogP contribution in [0.2, 0.25) is 0 Å². The van der Waals surface area contributed by atoms with Crippen molar-refractivity contribution < 1.29 is 19.1 Å². The van der Waals surface area contributed by atoms with E-state index >= 15 is 0 Å². The fraction of sp³-hybridized carbons (Fsp3) is 0.227. The number of amides is 3. The Labute approximate surface area is 169 Å². The van der Waals surface area contributed by atoms with E-state index in [2.05, 4.69) is 10.6 Å². The van der Waals surface area contributed by atoms with Crippen molar-refractivity contribution in [2.75, 3.05) is 7.11 Å². The molecule has 2 atom stereocenters. The van der Waals surface area contributed by atoms with E-state index in [4.69, 9.17) is 10.5 Å². The molecule has 0 saturated carbocycles. The third-order valence-corrected chi connectivity index (χ3v) is 4.51. The topological polar surface area (TPSA) is 111 Å². The van der Waals surface area contributed by atoms with Crippen LogP contribution in [0.4, 0.5) is 0 Å². The van der Waals surface area contributed by atoms with Crippen molar-refractivity contribution >= 4 is 23.8 Å². The SMILES string of the molecule is COc1ccc(/C=C\C(=O)N[C@H](C)C(=O)N[C@@](C)(C(N)=O)c2ccccc2)cc1. The Hall–Kier alpha value is -3.61. The van der Waals surface area contributed by atoms with Gasteiger partial charge in [0.15, 0.2) is 0 Å². The largest absolute Gasteiger partial charge is 0.497 e. The number of rotatable bonds is 8. The summed E-state index contributed by atoms with van der Waals surface area (Å²) >= 11 is 0. The summed E-state index contributed by atoms with van der Waals surface area (Å²) in [6, 6.07) is 15.0. The summed E-state index contributed by atoms with van der Waals surface area (Å²) in [5.41, 5.74) is 5.49. The fourth-order valence-corrected chi connectivity index (χ4v) is 2.62. The lowest BCUT2D eigenvalue weighted by molar-refractivity contribution is -0.133. The van der Waals surface area contributed by atoms with Gasteiger partial charge in [0.2, 0.25) is 17.7 Å². The minimum atomic E-state index is -1.39. The molecule has 4 N–H and O–H groups in total. The number of nitrogens with one attached hydrogen (secondary N) is 2. The fourth-order valence-electron chi connectivity index (χ4n) is 2.62. The van der Waals surface area contributed by atoms with Gasteiger partial charge in [0.05, 0.1) is 7.11 Å². The van der Waals surface area contributed by atoms with Gasteiger partial charge in [-0.25, -0.2) is 0 Å². The van der Waals surface area contributed by atoms with E-state index in [1.165, 1.54) is 19.9 Å². The number of nitrogens with two attached hydrogens (primary N) is 1. The van der Waals surface area contributed by atoms with E-state index < -0.39 is 29.3 Å². The summed E-state index contributed by atoms with van der Waals surface area (Å²) in [5.74, 6) is -0.951. The molecular formula is C22H25N3O4. The van der Waals surface area contributed by atoms with Gasteiger partial charge in [-0.3, -0.25) is 14.4 Å². The summed E-state index contributed by atoms with van der Waals surface area (Å²) < 4.78 is 5.08. The van der Waals surface area contributed by atoms with Crippen molar-refractivity contribution in [1.82, 2.24) is 10.6 Å². The maximum absolute atomic E-state index is 12.5. The van der Waals surface area contributed by atoms with E-state index in [1.54, 1.807) is 67.8 Å². The molecule has 2 aromatic carbocycles. The van der Waals surface area contributed by atoms with Crippen LogP contribution in [0.1, 0.15) is 25.0 Å². The average Bonchev–Trinajstić information content (AvgIpc) is 2.72. The summed E-state index contributed by atoms with van der Waals surface area (Å²) in [6.45, 7) is 3.06. The minimum absolute atomic E-state index is 0.441. The van der Waals surface area contributed by atoms with Gasteiger partial charge in [-0.1, -0.05) is 42.5 Å². The standard InChI is InChI=1S/C22H25N3O4/c1-15(24-19(26)14-11-16-9-12-18(29-3)13-10-16)20(27)25-22(2,21(23)28)17-7-5-4-6-8-17/h4-15H,1-3H3,(H2,23,28)(H,24,26)(H,25,27)/b14-11-/t15-,22-/m1/s1. The molecule has 29 heavy (non-hydrogen) atoms. The lowest BCUT2D eigenvalue weighted by Gasteiger charge is -2.29. The van der Waals surface area contributed by atoms with Crippen LogP contribution in [0.15, 0.2) is 60.7 Å². The molecule has 7 nitrogen and oxygen atoms in total. The lowest BCUT2D eigenvalue weighted by atomic mass is 9.91. The first-order valence-electron chi connectivity index (χ1n) is 9.06. The third kappa shape index (κ3) is 5.68. The predicted octanol–water partition coefficient (Wildman–Crippen LogP) is 1.73. The Morgan fingerprint density at radius 2 is 1.69 bits per heavy atom. The van der Waals surface area contributed by atoms with Crippen LogP contribution in [-0.4, -0.2) is 30.9 Å². The monoisotopic (exact) mass is 395 g/mol. The molecule has 0 aromatic heterocycles. The number of hydrogen-bond acceptors (Lipinski definition) is 4. The molecule has 0 bridgehead atoms. The number of ether oxygens (including phenoxy) is 1. The molecule has 0 unspecified atom stereocenters. The number of benzene rings is 2. The number of carbonyl (C=O) groups excluding carboxylic acids is 3. The maximum atomic E-state index is 12.5. The van der Waals surface area contributed by atoms with Crippen LogP contribution >= 0.6 is 0 Å². The van der Waals surface area contributed by atoms with Crippen LogP contribution in [0, 0.1) is 0 Å². The number of carbonyl (C=O) groups is 3. The quantitative estimate of drug-likeness (QED) is 0.591. The second-order valence-electron chi connectivity index (χ2n) is 6.68. The van der Waals surface area contributed by atoms with Crippen molar-refractivity contribution in [3.05, 3.63) is 71.8 Å². The van der Waals surface area contributed by atoms with Crippen molar-refractivity contribution in [3.8, 4) is 5.75 Å². The Kier molecular flexibility index (Phi) is 7.14. The molecular weight excluding hydrogens is 370 g/mol. The average molecular weight is 395 g/mol. The summed E-state index contributed by atoms with van der Waals surface area (Å²) in [6.07, 6.45) is 2.95. The zero-order valence-corrected chi connectivity index (χ0v) is 16.6. The highest BCUT2D eigenvalue weighted by Gasteiger charge is 2.36. The van der Waals surface area contributed by atoms with E-state index in [1.807, 2.05) is 0 Å². The third-order valence-electron chi connectivity index (χ3n) is 4.51. The highest BCUT2D eigenvalue weighted by Crippen LogP contribution is 2.20. The molecule has 0 radical (unpaired) electrons. The van der Waals surface area contributed by atoms with Crippen LogP contribution in [0.5, 0.6) is 5.75 Å². The van der Waals surface area contributed by atoms with Gasteiger partial charge >= 0.3 is 0 Å². The van der Waals surface area contributed by atoms with E-state index in [0.29, 0.717) is 11.3 Å². The molecule has 0 saturated heterocycles. The van der Waals surface area contributed by atoms with Gasteiger partial charge in [-0.05, 0) is 43.2 Å². The molecule has 0 aliphatic heterocycles. The minimum Gasteiger partial charge on any atom is -0.497 e. The number of methoxy groups -OCH3 is 1. The number of hydrogen-bond donors (Lipinski definition) is 3. The van der Waals surface area contributed by atoms with Crippen molar-refractivity contribution in [1.29, 1.82) is 0 Å². The number of primary amides is 1. The van der Waals surface area contributed by atoms with Gasteiger partial charge in [0.1, 0.15) is 17.3 Å². The highest BCUT2D eigenvalue weighted by molar-refractivity contribution is 5.97. The van der Waals surface area contributed by atoms with Crippen molar-refractivity contribution in [2.45, 2.75) is 25.4 Å². The second-order valence-corrected chi connectivity index (χ2v) is 6.68. The molecule has 2 rings (SSSR count). The normalized spacial score (nSPS) is 13.9.